The van der Waals surface area contributed by atoms with Gasteiger partial charge in [0.15, 0.2) is 5.78 Å². The van der Waals surface area contributed by atoms with E-state index in [-0.39, 0.29) is 11.2 Å². The van der Waals surface area contributed by atoms with Crippen LogP contribution in [-0.2, 0) is 11.8 Å². The maximum absolute atomic E-state index is 13.5. The maximum atomic E-state index is 13.5. The van der Waals surface area contributed by atoms with Gasteiger partial charge in [-0.3, -0.25) is 4.79 Å². The van der Waals surface area contributed by atoms with Gasteiger partial charge in [0.05, 0.1) is 12.2 Å². The summed E-state index contributed by atoms with van der Waals surface area (Å²) in [4.78, 5) is 15.9. The van der Waals surface area contributed by atoms with Gasteiger partial charge in [0.25, 0.3) is 0 Å². The molecule has 1 aliphatic carbocycles. The zero-order valence-electron chi connectivity index (χ0n) is 19.4. The maximum Gasteiger partial charge on any atom is 0.197 e. The second-order valence-corrected chi connectivity index (χ2v) is 8.86. The van der Waals surface area contributed by atoms with E-state index in [1.54, 1.807) is 0 Å². The van der Waals surface area contributed by atoms with Crippen LogP contribution in [0.5, 0.6) is 5.75 Å². The lowest BCUT2D eigenvalue weighted by molar-refractivity contribution is 0.102. The molecule has 0 saturated carbocycles. The first kappa shape index (κ1) is 21.6. The summed E-state index contributed by atoms with van der Waals surface area (Å²) in [6.45, 7) is 14.5. The van der Waals surface area contributed by atoms with Crippen molar-refractivity contribution in [2.45, 2.75) is 52.9 Å². The average Bonchev–Trinajstić information content (AvgIpc) is 3.16. The van der Waals surface area contributed by atoms with Crippen molar-refractivity contribution < 1.29 is 13.9 Å². The van der Waals surface area contributed by atoms with E-state index in [0.29, 0.717) is 17.8 Å². The van der Waals surface area contributed by atoms with E-state index in [4.69, 9.17) is 9.15 Å². The van der Waals surface area contributed by atoms with Crippen molar-refractivity contribution in [3.63, 3.8) is 0 Å². The molecular formula is C27H33NO3. The second kappa shape index (κ2) is 8.51. The molecule has 0 amide bonds. The fraction of sp³-hybridized carbons (Fsp3) is 0.444. The van der Waals surface area contributed by atoms with Crippen molar-refractivity contribution in [1.29, 1.82) is 0 Å². The number of fused-ring (bicyclic) bond motifs is 4. The minimum Gasteiger partial charge on any atom is -0.494 e. The van der Waals surface area contributed by atoms with Crippen LogP contribution in [0.2, 0.25) is 0 Å². The van der Waals surface area contributed by atoms with Crippen molar-refractivity contribution >= 4 is 16.8 Å². The molecule has 0 spiro atoms. The van der Waals surface area contributed by atoms with Crippen LogP contribution in [0.4, 0.5) is 0 Å². The lowest BCUT2D eigenvalue weighted by atomic mass is 9.71. The summed E-state index contributed by atoms with van der Waals surface area (Å²) in [6.07, 6.45) is 2.13. The molecule has 4 heteroatoms. The molecule has 0 saturated heterocycles. The molecule has 0 unspecified atom stereocenters. The first-order valence-corrected chi connectivity index (χ1v) is 11.5. The number of hydrogen-bond donors (Lipinski definition) is 0. The second-order valence-electron chi connectivity index (χ2n) is 8.86. The van der Waals surface area contributed by atoms with Crippen LogP contribution in [-0.4, -0.2) is 36.9 Å². The summed E-state index contributed by atoms with van der Waals surface area (Å²) in [5.74, 6) is 1.58. The number of aryl methyl sites for hydroxylation is 1. The first-order chi connectivity index (χ1) is 14.9. The molecular weight excluding hydrogens is 386 g/mol. The number of ether oxygens (including phenoxy) is 1. The SMILES string of the molecule is CCOc1ccc2c3c(oc2c1)C(C)(C)c1cc(CCCN(CC)CC)ccc1C3=O. The number of hydrogen-bond acceptors (Lipinski definition) is 4. The third-order valence-corrected chi connectivity index (χ3v) is 6.60. The van der Waals surface area contributed by atoms with Gasteiger partial charge in [0.1, 0.15) is 17.1 Å². The van der Waals surface area contributed by atoms with E-state index in [1.165, 1.54) is 5.56 Å². The molecule has 2 aromatic carbocycles. The minimum atomic E-state index is -0.377. The van der Waals surface area contributed by atoms with Gasteiger partial charge >= 0.3 is 0 Å². The molecule has 4 rings (SSSR count). The highest BCUT2D eigenvalue weighted by Crippen LogP contribution is 2.46. The molecule has 1 aliphatic rings. The molecule has 164 valence electrons. The topological polar surface area (TPSA) is 42.7 Å². The third-order valence-electron chi connectivity index (χ3n) is 6.60. The molecule has 0 bridgehead atoms. The number of rotatable bonds is 8. The highest BCUT2D eigenvalue weighted by atomic mass is 16.5. The Labute approximate surface area is 185 Å². The molecule has 0 N–H and O–H groups in total. The zero-order chi connectivity index (χ0) is 22.2. The van der Waals surface area contributed by atoms with Gasteiger partial charge in [-0.1, -0.05) is 32.0 Å². The molecule has 0 aliphatic heterocycles. The van der Waals surface area contributed by atoms with Crippen LogP contribution in [0.1, 0.15) is 73.8 Å². The average molecular weight is 420 g/mol. The lowest BCUT2D eigenvalue weighted by Gasteiger charge is -2.31. The fourth-order valence-electron chi connectivity index (χ4n) is 4.76. The number of furan rings is 1. The first-order valence-electron chi connectivity index (χ1n) is 11.5. The van der Waals surface area contributed by atoms with Crippen LogP contribution in [0.3, 0.4) is 0 Å². The van der Waals surface area contributed by atoms with Crippen molar-refractivity contribution in [1.82, 2.24) is 4.90 Å². The van der Waals surface area contributed by atoms with Gasteiger partial charge in [-0.2, -0.15) is 0 Å². The van der Waals surface area contributed by atoms with Crippen molar-refractivity contribution in [3.8, 4) is 5.75 Å². The highest BCUT2D eigenvalue weighted by Gasteiger charge is 2.41. The van der Waals surface area contributed by atoms with Gasteiger partial charge in [0, 0.05) is 22.4 Å². The van der Waals surface area contributed by atoms with Crippen molar-refractivity contribution in [2.24, 2.45) is 0 Å². The fourth-order valence-corrected chi connectivity index (χ4v) is 4.76. The van der Waals surface area contributed by atoms with Crippen LogP contribution >= 0.6 is 0 Å². The Morgan fingerprint density at radius 3 is 2.52 bits per heavy atom. The number of carbonyl (C=O) groups excluding carboxylic acids is 1. The van der Waals surface area contributed by atoms with Crippen LogP contribution in [0, 0.1) is 0 Å². The summed E-state index contributed by atoms with van der Waals surface area (Å²) < 4.78 is 11.9. The molecule has 31 heavy (non-hydrogen) atoms. The largest absolute Gasteiger partial charge is 0.494 e. The minimum absolute atomic E-state index is 0.0573. The van der Waals surface area contributed by atoms with Gasteiger partial charge in [-0.15, -0.1) is 0 Å². The standard InChI is InChI=1S/C27H33NO3/c1-6-28(7-2)15-9-10-18-11-13-20-22(16-18)27(4,5)26-24(25(20)29)21-14-12-19(30-8-3)17-23(21)31-26/h11-14,16-17H,6-10,15H2,1-5H3. The molecule has 0 fully saturated rings. The summed E-state index contributed by atoms with van der Waals surface area (Å²) in [5, 5.41) is 0.866. The number of benzene rings is 2. The molecule has 0 radical (unpaired) electrons. The summed E-state index contributed by atoms with van der Waals surface area (Å²) in [5.41, 5.74) is 4.17. The highest BCUT2D eigenvalue weighted by molar-refractivity contribution is 6.19. The van der Waals surface area contributed by atoms with Gasteiger partial charge in [-0.25, -0.2) is 0 Å². The van der Waals surface area contributed by atoms with Gasteiger partial charge < -0.3 is 14.1 Å². The van der Waals surface area contributed by atoms with E-state index < -0.39 is 0 Å². The van der Waals surface area contributed by atoms with Crippen LogP contribution in [0.15, 0.2) is 40.8 Å². The van der Waals surface area contributed by atoms with E-state index in [2.05, 4.69) is 44.7 Å². The monoisotopic (exact) mass is 419 g/mol. The zero-order valence-corrected chi connectivity index (χ0v) is 19.4. The Kier molecular flexibility index (Phi) is 5.94. The van der Waals surface area contributed by atoms with Gasteiger partial charge in [0.2, 0.25) is 0 Å². The molecule has 1 aromatic heterocycles. The van der Waals surface area contributed by atoms with E-state index in [9.17, 15) is 4.79 Å². The predicted octanol–water partition coefficient (Wildman–Crippen LogP) is 5.98. The van der Waals surface area contributed by atoms with E-state index >= 15 is 0 Å². The van der Waals surface area contributed by atoms with Crippen molar-refractivity contribution in [2.75, 3.05) is 26.2 Å². The number of carbonyl (C=O) groups is 1. The molecule has 3 aromatic rings. The smallest absolute Gasteiger partial charge is 0.197 e. The lowest BCUT2D eigenvalue weighted by Crippen LogP contribution is -2.29. The summed E-state index contributed by atoms with van der Waals surface area (Å²) in [6, 6.07) is 12.1. The Balaban J connectivity index is 1.69. The van der Waals surface area contributed by atoms with Crippen molar-refractivity contribution in [3.05, 3.63) is 64.4 Å². The predicted molar refractivity (Wildman–Crippen MR) is 125 cm³/mol. The quantitative estimate of drug-likeness (QED) is 0.451. The van der Waals surface area contributed by atoms with Gasteiger partial charge in [-0.05, 0) is 76.5 Å². The Hall–Kier alpha value is -2.59. The van der Waals surface area contributed by atoms with E-state index in [1.807, 2.05) is 31.2 Å². The normalized spacial score (nSPS) is 14.7. The third kappa shape index (κ3) is 3.78. The molecule has 0 atom stereocenters. The summed E-state index contributed by atoms with van der Waals surface area (Å²) >= 11 is 0. The molecule has 4 nitrogen and oxygen atoms in total. The molecule has 1 heterocycles. The Morgan fingerprint density at radius 2 is 1.81 bits per heavy atom. The number of ketones is 1. The van der Waals surface area contributed by atoms with Crippen LogP contribution < -0.4 is 4.74 Å². The van der Waals surface area contributed by atoms with Crippen LogP contribution in [0.25, 0.3) is 11.0 Å². The summed E-state index contributed by atoms with van der Waals surface area (Å²) in [7, 11) is 0. The Bertz CT molecular complexity index is 1110. The number of nitrogens with zero attached hydrogens (tertiary/aromatic N) is 1. The van der Waals surface area contributed by atoms with E-state index in [0.717, 1.165) is 60.5 Å². The Morgan fingerprint density at radius 1 is 1.03 bits per heavy atom.